The van der Waals surface area contributed by atoms with Crippen LogP contribution in [-0.2, 0) is 11.2 Å². The minimum Gasteiger partial charge on any atom is -0.490 e. The number of carbonyl (C=O) groups excluding carboxylic acids is 1. The van der Waals surface area contributed by atoms with Crippen LogP contribution in [0, 0.1) is 0 Å². The molecule has 4 nitrogen and oxygen atoms in total. The van der Waals surface area contributed by atoms with Gasteiger partial charge in [0, 0.05) is 26.1 Å². The van der Waals surface area contributed by atoms with E-state index in [0.29, 0.717) is 18.6 Å². The van der Waals surface area contributed by atoms with Crippen molar-refractivity contribution in [1.29, 1.82) is 0 Å². The van der Waals surface area contributed by atoms with Gasteiger partial charge in [0.25, 0.3) is 0 Å². The molecule has 3 rings (SSSR count). The number of likely N-dealkylation sites (N-methyl/N-ethyl adjacent to an activating group) is 1. The summed E-state index contributed by atoms with van der Waals surface area (Å²) in [7, 11) is 1.93. The van der Waals surface area contributed by atoms with E-state index in [2.05, 4.69) is 17.4 Å². The molecule has 1 amide bonds. The third kappa shape index (κ3) is 5.12. The Balaban J connectivity index is 0.00000208. The van der Waals surface area contributed by atoms with Crippen LogP contribution in [0.25, 0.3) is 0 Å². The fourth-order valence-electron chi connectivity index (χ4n) is 3.57. The van der Waals surface area contributed by atoms with E-state index in [1.54, 1.807) is 0 Å². The first-order valence-electron chi connectivity index (χ1n) is 8.94. The number of hydrogen-bond donors (Lipinski definition) is 1. The fraction of sp³-hybridized carbons (Fsp3) is 0.632. The maximum atomic E-state index is 12.3. The number of hydrogen-bond acceptors (Lipinski definition) is 3. The molecule has 5 heteroatoms. The van der Waals surface area contributed by atoms with Crippen LogP contribution in [0.5, 0.6) is 5.75 Å². The number of halogens is 1. The molecule has 2 aliphatic rings. The Morgan fingerprint density at radius 3 is 2.79 bits per heavy atom. The summed E-state index contributed by atoms with van der Waals surface area (Å²) in [5, 5.41) is 3.31. The van der Waals surface area contributed by atoms with Crippen molar-refractivity contribution >= 4 is 18.3 Å². The summed E-state index contributed by atoms with van der Waals surface area (Å²) in [6.45, 7) is 1.94. The first kappa shape index (κ1) is 19.1. The van der Waals surface area contributed by atoms with Crippen molar-refractivity contribution < 1.29 is 9.53 Å². The van der Waals surface area contributed by atoms with Crippen molar-refractivity contribution in [3.8, 4) is 5.75 Å². The van der Waals surface area contributed by atoms with Gasteiger partial charge in [-0.3, -0.25) is 4.79 Å². The molecule has 1 saturated heterocycles. The molecule has 1 aromatic rings. The summed E-state index contributed by atoms with van der Waals surface area (Å²) in [6, 6.07) is 8.61. The second-order valence-corrected chi connectivity index (χ2v) is 6.82. The molecule has 24 heavy (non-hydrogen) atoms. The Morgan fingerprint density at radius 1 is 1.29 bits per heavy atom. The molecule has 1 unspecified atom stereocenters. The molecule has 0 bridgehead atoms. The van der Waals surface area contributed by atoms with Crippen LogP contribution >= 0.6 is 12.4 Å². The monoisotopic (exact) mass is 352 g/mol. The molecule has 0 aromatic heterocycles. The van der Waals surface area contributed by atoms with Gasteiger partial charge in [-0.2, -0.15) is 0 Å². The maximum Gasteiger partial charge on any atom is 0.222 e. The first-order chi connectivity index (χ1) is 11.2. The van der Waals surface area contributed by atoms with Crippen LogP contribution in [0.15, 0.2) is 24.3 Å². The number of carbonyl (C=O) groups is 1. The number of benzene rings is 1. The minimum atomic E-state index is 0. The molecule has 0 spiro atoms. The predicted molar refractivity (Wildman–Crippen MR) is 98.9 cm³/mol. The highest BCUT2D eigenvalue weighted by Crippen LogP contribution is 2.25. The van der Waals surface area contributed by atoms with E-state index < -0.39 is 0 Å². The van der Waals surface area contributed by atoms with Crippen LogP contribution in [-0.4, -0.2) is 43.1 Å². The van der Waals surface area contributed by atoms with E-state index in [4.69, 9.17) is 4.74 Å². The molecule has 134 valence electrons. The molecule has 1 aliphatic carbocycles. The second kappa shape index (κ2) is 9.28. The van der Waals surface area contributed by atoms with Gasteiger partial charge < -0.3 is 15.0 Å². The predicted octanol–water partition coefficient (Wildman–Crippen LogP) is 3.18. The third-order valence-corrected chi connectivity index (χ3v) is 5.11. The van der Waals surface area contributed by atoms with Gasteiger partial charge in [-0.1, -0.05) is 12.1 Å². The molecule has 1 aromatic carbocycles. The van der Waals surface area contributed by atoms with E-state index in [0.717, 1.165) is 31.7 Å². The summed E-state index contributed by atoms with van der Waals surface area (Å²) in [5.74, 6) is 1.19. The summed E-state index contributed by atoms with van der Waals surface area (Å²) in [6.07, 6.45) is 7.69. The van der Waals surface area contributed by atoms with Gasteiger partial charge >= 0.3 is 0 Å². The van der Waals surface area contributed by atoms with Crippen molar-refractivity contribution in [3.63, 3.8) is 0 Å². The molecular formula is C19H29ClN2O2. The van der Waals surface area contributed by atoms with E-state index in [1.165, 1.54) is 31.2 Å². The first-order valence-corrected chi connectivity index (χ1v) is 8.94. The average Bonchev–Trinajstić information content (AvgIpc) is 3.25. The van der Waals surface area contributed by atoms with E-state index in [-0.39, 0.29) is 18.3 Å². The van der Waals surface area contributed by atoms with Gasteiger partial charge in [0.2, 0.25) is 5.91 Å². The van der Waals surface area contributed by atoms with Crippen LogP contribution < -0.4 is 10.1 Å². The number of ether oxygens (including phenoxy) is 1. The normalized spacial score (nSPS) is 20.6. The Labute approximate surface area is 151 Å². The molecule has 2 fully saturated rings. The van der Waals surface area contributed by atoms with Gasteiger partial charge in [0.15, 0.2) is 0 Å². The number of aryl methyl sites for hydroxylation is 1. The lowest BCUT2D eigenvalue weighted by atomic mass is 10.1. The topological polar surface area (TPSA) is 41.6 Å². The maximum absolute atomic E-state index is 12.3. The SMILES string of the molecule is CN(C(=O)CCc1cccc(OC2CCCC2)c1)C1CCNC1.Cl. The Bertz CT molecular complexity index is 526. The van der Waals surface area contributed by atoms with Gasteiger partial charge in [0.05, 0.1) is 6.10 Å². The van der Waals surface area contributed by atoms with Gasteiger partial charge in [-0.25, -0.2) is 0 Å². The van der Waals surface area contributed by atoms with Crippen molar-refractivity contribution in [2.45, 2.75) is 57.1 Å². The molecule has 1 heterocycles. The molecule has 0 radical (unpaired) electrons. The van der Waals surface area contributed by atoms with E-state index >= 15 is 0 Å². The largest absolute Gasteiger partial charge is 0.490 e. The molecule has 1 atom stereocenters. The van der Waals surface area contributed by atoms with Crippen LogP contribution in [0.2, 0.25) is 0 Å². The molecular weight excluding hydrogens is 324 g/mol. The van der Waals surface area contributed by atoms with Crippen molar-refractivity contribution in [1.82, 2.24) is 10.2 Å². The lowest BCUT2D eigenvalue weighted by Crippen LogP contribution is -2.38. The summed E-state index contributed by atoms with van der Waals surface area (Å²) >= 11 is 0. The van der Waals surface area contributed by atoms with Gasteiger partial charge in [-0.15, -0.1) is 12.4 Å². The van der Waals surface area contributed by atoms with E-state index in [9.17, 15) is 4.79 Å². The minimum absolute atomic E-state index is 0. The molecule has 1 saturated carbocycles. The molecule has 1 aliphatic heterocycles. The number of amides is 1. The van der Waals surface area contributed by atoms with Gasteiger partial charge in [-0.05, 0) is 62.8 Å². The van der Waals surface area contributed by atoms with Crippen LogP contribution in [0.4, 0.5) is 0 Å². The fourth-order valence-corrected chi connectivity index (χ4v) is 3.57. The zero-order valence-corrected chi connectivity index (χ0v) is 15.3. The van der Waals surface area contributed by atoms with Crippen LogP contribution in [0.1, 0.15) is 44.1 Å². The number of nitrogens with zero attached hydrogens (tertiary/aromatic N) is 1. The smallest absolute Gasteiger partial charge is 0.222 e. The highest BCUT2D eigenvalue weighted by Gasteiger charge is 2.22. The Kier molecular flexibility index (Phi) is 7.38. The van der Waals surface area contributed by atoms with Crippen molar-refractivity contribution in [3.05, 3.63) is 29.8 Å². The van der Waals surface area contributed by atoms with E-state index in [1.807, 2.05) is 24.1 Å². The average molecular weight is 353 g/mol. The highest BCUT2D eigenvalue weighted by atomic mass is 35.5. The van der Waals surface area contributed by atoms with Crippen LogP contribution in [0.3, 0.4) is 0 Å². The lowest BCUT2D eigenvalue weighted by Gasteiger charge is -2.23. The third-order valence-electron chi connectivity index (χ3n) is 5.11. The summed E-state index contributed by atoms with van der Waals surface area (Å²) in [5.41, 5.74) is 1.19. The second-order valence-electron chi connectivity index (χ2n) is 6.82. The summed E-state index contributed by atoms with van der Waals surface area (Å²) < 4.78 is 6.05. The number of rotatable bonds is 6. The standard InChI is InChI=1S/C19H28N2O2.ClH/c1-21(16-11-12-20-14-16)19(22)10-9-15-5-4-8-18(13-15)23-17-6-2-3-7-17;/h4-5,8,13,16-17,20H,2-3,6-7,9-12,14H2,1H3;1H. The zero-order valence-electron chi connectivity index (χ0n) is 14.5. The Morgan fingerprint density at radius 2 is 2.08 bits per heavy atom. The highest BCUT2D eigenvalue weighted by molar-refractivity contribution is 5.85. The quantitative estimate of drug-likeness (QED) is 0.855. The number of nitrogens with one attached hydrogen (secondary N) is 1. The Hall–Kier alpha value is -1.26. The van der Waals surface area contributed by atoms with Crippen molar-refractivity contribution in [2.24, 2.45) is 0 Å². The zero-order chi connectivity index (χ0) is 16.1. The summed E-state index contributed by atoms with van der Waals surface area (Å²) in [4.78, 5) is 14.2. The molecule has 1 N–H and O–H groups in total. The van der Waals surface area contributed by atoms with Crippen molar-refractivity contribution in [2.75, 3.05) is 20.1 Å². The van der Waals surface area contributed by atoms with Gasteiger partial charge in [0.1, 0.15) is 5.75 Å². The lowest BCUT2D eigenvalue weighted by molar-refractivity contribution is -0.131.